The first-order valence-corrected chi connectivity index (χ1v) is 13.1. The second-order valence-electron chi connectivity index (χ2n) is 9.88. The number of aliphatic imine (C=N–C) groups is 2. The summed E-state index contributed by atoms with van der Waals surface area (Å²) in [5.41, 5.74) is 6.10. The number of hydrogen-bond acceptors (Lipinski definition) is 4. The number of para-hydroxylation sites is 1. The van der Waals surface area contributed by atoms with E-state index in [9.17, 15) is 9.59 Å². The maximum atomic E-state index is 13.0. The molecular weight excluding hydrogens is 488 g/mol. The van der Waals surface area contributed by atoms with Crippen LogP contribution in [0, 0.1) is 19.8 Å². The van der Waals surface area contributed by atoms with Crippen LogP contribution in [-0.2, 0) is 13.1 Å². The molecule has 0 fully saturated rings. The lowest BCUT2D eigenvalue weighted by Crippen LogP contribution is -2.18. The summed E-state index contributed by atoms with van der Waals surface area (Å²) in [7, 11) is 0. The topological polar surface area (TPSA) is 100 Å². The molecule has 39 heavy (non-hydrogen) atoms. The minimum Gasteiger partial charge on any atom is -0.295 e. The van der Waals surface area contributed by atoms with Crippen molar-refractivity contribution in [2.24, 2.45) is 15.9 Å². The predicted molar refractivity (Wildman–Crippen MR) is 157 cm³/mol. The van der Waals surface area contributed by atoms with Gasteiger partial charge in [-0.2, -0.15) is 0 Å². The smallest absolute Gasteiger partial charge is 0.280 e. The quantitative estimate of drug-likeness (QED) is 0.321. The SMILES string of the molecule is Cc1[nH]n(C2=CCC(C)C=C2)c(=O)c1C=NCc1cccc(CN=Cc2c(C)[nH]n(-c3ccccc3)c2=O)c1. The van der Waals surface area contributed by atoms with Crippen molar-refractivity contribution < 1.29 is 0 Å². The average molecular weight is 521 g/mol. The number of H-pyrrole nitrogens is 2. The number of aromatic nitrogens is 4. The van der Waals surface area contributed by atoms with Gasteiger partial charge in [-0.15, -0.1) is 0 Å². The average Bonchev–Trinajstić information content (AvgIpc) is 3.39. The van der Waals surface area contributed by atoms with E-state index in [1.165, 1.54) is 4.68 Å². The number of allylic oxidation sites excluding steroid dienone is 4. The fourth-order valence-electron chi connectivity index (χ4n) is 4.56. The van der Waals surface area contributed by atoms with Gasteiger partial charge < -0.3 is 0 Å². The molecule has 8 nitrogen and oxygen atoms in total. The number of aromatic amines is 2. The third-order valence-electron chi connectivity index (χ3n) is 6.78. The van der Waals surface area contributed by atoms with Gasteiger partial charge in [0.15, 0.2) is 0 Å². The highest BCUT2D eigenvalue weighted by molar-refractivity contribution is 5.81. The van der Waals surface area contributed by atoms with Crippen LogP contribution >= 0.6 is 0 Å². The first-order valence-electron chi connectivity index (χ1n) is 13.1. The summed E-state index contributed by atoms with van der Waals surface area (Å²) in [6.45, 7) is 6.79. The van der Waals surface area contributed by atoms with Crippen LogP contribution in [0.1, 0.15) is 47.0 Å². The molecule has 1 aliphatic carbocycles. The monoisotopic (exact) mass is 520 g/mol. The van der Waals surface area contributed by atoms with Gasteiger partial charge in [0.2, 0.25) is 0 Å². The van der Waals surface area contributed by atoms with E-state index in [1.54, 1.807) is 17.1 Å². The number of benzene rings is 2. The van der Waals surface area contributed by atoms with E-state index >= 15 is 0 Å². The summed E-state index contributed by atoms with van der Waals surface area (Å²) >= 11 is 0. The Morgan fingerprint density at radius 3 is 2.03 bits per heavy atom. The lowest BCUT2D eigenvalue weighted by atomic mass is 10.0. The third kappa shape index (κ3) is 5.75. The van der Waals surface area contributed by atoms with Gasteiger partial charge >= 0.3 is 0 Å². The van der Waals surface area contributed by atoms with Crippen molar-refractivity contribution in [1.29, 1.82) is 0 Å². The van der Waals surface area contributed by atoms with Gasteiger partial charge in [0, 0.05) is 23.8 Å². The largest absolute Gasteiger partial charge is 0.295 e. The normalized spacial score (nSPS) is 15.5. The van der Waals surface area contributed by atoms with E-state index in [2.05, 4.69) is 39.3 Å². The Hall–Kier alpha value is -4.72. The lowest BCUT2D eigenvalue weighted by molar-refractivity contribution is 0.726. The Labute approximate surface area is 226 Å². The summed E-state index contributed by atoms with van der Waals surface area (Å²) in [5, 5.41) is 6.28. The van der Waals surface area contributed by atoms with Crippen LogP contribution < -0.4 is 11.1 Å². The number of hydrogen-bond donors (Lipinski definition) is 2. The van der Waals surface area contributed by atoms with Crippen LogP contribution in [0.2, 0.25) is 0 Å². The van der Waals surface area contributed by atoms with E-state index in [-0.39, 0.29) is 11.1 Å². The highest BCUT2D eigenvalue weighted by Crippen LogP contribution is 2.18. The Balaban J connectivity index is 1.25. The third-order valence-corrected chi connectivity index (χ3v) is 6.78. The Kier molecular flexibility index (Phi) is 7.54. The van der Waals surface area contributed by atoms with Crippen molar-refractivity contribution in [3.63, 3.8) is 0 Å². The number of nitrogens with one attached hydrogen (secondary N) is 2. The zero-order chi connectivity index (χ0) is 27.4. The second-order valence-corrected chi connectivity index (χ2v) is 9.88. The van der Waals surface area contributed by atoms with Gasteiger partial charge in [-0.3, -0.25) is 29.8 Å². The van der Waals surface area contributed by atoms with E-state index in [0.717, 1.165) is 40.3 Å². The van der Waals surface area contributed by atoms with Crippen molar-refractivity contribution >= 4 is 18.1 Å². The van der Waals surface area contributed by atoms with E-state index < -0.39 is 0 Å². The Morgan fingerprint density at radius 1 is 0.846 bits per heavy atom. The molecular formula is C31H32N6O2. The number of aryl methyl sites for hydroxylation is 2. The van der Waals surface area contributed by atoms with Crippen LogP contribution in [0.5, 0.6) is 0 Å². The molecule has 0 spiro atoms. The van der Waals surface area contributed by atoms with Crippen molar-refractivity contribution in [2.75, 3.05) is 0 Å². The number of nitrogens with zero attached hydrogens (tertiary/aromatic N) is 4. The van der Waals surface area contributed by atoms with Gasteiger partial charge in [0.05, 0.1) is 35.6 Å². The lowest BCUT2D eigenvalue weighted by Gasteiger charge is -2.11. The fraction of sp³-hybridized carbons (Fsp3) is 0.226. The number of rotatable bonds is 8. The van der Waals surface area contributed by atoms with Gasteiger partial charge in [-0.1, -0.05) is 61.5 Å². The van der Waals surface area contributed by atoms with E-state index in [1.807, 2.05) is 74.5 Å². The summed E-state index contributed by atoms with van der Waals surface area (Å²) < 4.78 is 3.11. The maximum Gasteiger partial charge on any atom is 0.280 e. The van der Waals surface area contributed by atoms with Crippen LogP contribution in [-0.4, -0.2) is 32.0 Å². The molecule has 0 radical (unpaired) electrons. The van der Waals surface area contributed by atoms with Crippen molar-refractivity contribution in [3.8, 4) is 5.69 Å². The van der Waals surface area contributed by atoms with Crippen LogP contribution in [0.15, 0.2) is 92.4 Å². The van der Waals surface area contributed by atoms with Gasteiger partial charge in [-0.05, 0) is 55.5 Å². The van der Waals surface area contributed by atoms with Crippen molar-refractivity contribution in [3.05, 3.63) is 127 Å². The molecule has 0 saturated heterocycles. The fourth-order valence-corrected chi connectivity index (χ4v) is 4.56. The second kappa shape index (κ2) is 11.3. The molecule has 5 rings (SSSR count). The van der Waals surface area contributed by atoms with Crippen LogP contribution in [0.3, 0.4) is 0 Å². The molecule has 0 aliphatic heterocycles. The molecule has 0 saturated carbocycles. The molecule has 1 atom stereocenters. The van der Waals surface area contributed by atoms with Crippen LogP contribution in [0.25, 0.3) is 11.4 Å². The summed E-state index contributed by atoms with van der Waals surface area (Å²) in [6, 6.07) is 17.5. The van der Waals surface area contributed by atoms with Crippen molar-refractivity contribution in [1.82, 2.24) is 19.6 Å². The minimum atomic E-state index is -0.130. The molecule has 0 bridgehead atoms. The molecule has 4 aromatic rings. The first kappa shape index (κ1) is 25.9. The van der Waals surface area contributed by atoms with E-state index in [4.69, 9.17) is 0 Å². The predicted octanol–water partition coefficient (Wildman–Crippen LogP) is 4.95. The van der Waals surface area contributed by atoms with Gasteiger partial charge in [0.1, 0.15) is 0 Å². The molecule has 2 N–H and O–H groups in total. The Morgan fingerprint density at radius 2 is 1.44 bits per heavy atom. The molecule has 8 heteroatoms. The first-order chi connectivity index (χ1) is 18.9. The maximum absolute atomic E-state index is 13.0. The molecule has 2 aromatic carbocycles. The molecule has 1 aliphatic rings. The minimum absolute atomic E-state index is 0.101. The molecule has 2 aromatic heterocycles. The van der Waals surface area contributed by atoms with Gasteiger partial charge in [0.25, 0.3) is 11.1 Å². The summed E-state index contributed by atoms with van der Waals surface area (Å²) in [5.74, 6) is 0.483. The molecule has 198 valence electrons. The summed E-state index contributed by atoms with van der Waals surface area (Å²) in [4.78, 5) is 34.9. The standard InChI is InChI=1S/C31H32N6O2/c1-21-12-14-27(15-13-21)37-31(39)29(23(3)35-37)20-33-18-25-9-7-8-24(16-25)17-32-19-28-22(2)34-36(30(28)38)26-10-5-4-6-11-26/h4-12,14-16,19-21,34-35H,13,17-18H2,1-3H3. The van der Waals surface area contributed by atoms with Crippen LogP contribution in [0.4, 0.5) is 0 Å². The Bertz CT molecular complexity index is 1710. The highest BCUT2D eigenvalue weighted by atomic mass is 16.1. The highest BCUT2D eigenvalue weighted by Gasteiger charge is 2.13. The van der Waals surface area contributed by atoms with E-state index in [0.29, 0.717) is 30.1 Å². The molecule has 0 amide bonds. The zero-order valence-electron chi connectivity index (χ0n) is 22.4. The van der Waals surface area contributed by atoms with Gasteiger partial charge in [-0.25, -0.2) is 9.36 Å². The molecule has 1 unspecified atom stereocenters. The zero-order valence-corrected chi connectivity index (χ0v) is 22.4. The summed E-state index contributed by atoms with van der Waals surface area (Å²) in [6.07, 6.45) is 10.4. The molecule has 2 heterocycles. The van der Waals surface area contributed by atoms with Crippen molar-refractivity contribution in [2.45, 2.75) is 40.3 Å².